The van der Waals surface area contributed by atoms with E-state index in [1.54, 1.807) is 6.20 Å². The molecule has 0 aliphatic carbocycles. The molecule has 0 atom stereocenters. The summed E-state index contributed by atoms with van der Waals surface area (Å²) in [7, 11) is 0. The molecule has 3 rings (SSSR count). The van der Waals surface area contributed by atoms with E-state index in [0.717, 1.165) is 51.6 Å². The lowest BCUT2D eigenvalue weighted by Crippen LogP contribution is -2.50. The maximum absolute atomic E-state index is 12.1. The first-order valence-corrected chi connectivity index (χ1v) is 7.62. The minimum atomic E-state index is 0.208. The number of nitrogens with one attached hydrogen (secondary N) is 2. The minimum absolute atomic E-state index is 0.208. The second-order valence-corrected chi connectivity index (χ2v) is 5.59. The summed E-state index contributed by atoms with van der Waals surface area (Å²) in [6.07, 6.45) is 4.41. The second kappa shape index (κ2) is 7.02. The largest absolute Gasteiger partial charge is 0.375 e. The third kappa shape index (κ3) is 4.03. The Balaban J connectivity index is 1.33. The molecule has 7 heteroatoms. The van der Waals surface area contributed by atoms with Gasteiger partial charge in [-0.15, -0.1) is 0 Å². The number of hydrogen-bond donors (Lipinski definition) is 2. The fraction of sp³-hybridized carbons (Fsp3) is 0.714. The summed E-state index contributed by atoms with van der Waals surface area (Å²) in [5.74, 6) is 1.19. The van der Waals surface area contributed by atoms with Crippen molar-refractivity contribution in [3.05, 3.63) is 18.2 Å². The smallest absolute Gasteiger partial charge is 0.224 e. The van der Waals surface area contributed by atoms with Gasteiger partial charge in [0.05, 0.1) is 25.7 Å². The number of aromatic nitrogens is 2. The van der Waals surface area contributed by atoms with Crippen LogP contribution in [0.2, 0.25) is 0 Å². The Bertz CT molecular complexity index is 438. The van der Waals surface area contributed by atoms with Crippen molar-refractivity contribution in [3.63, 3.8) is 0 Å². The van der Waals surface area contributed by atoms with Gasteiger partial charge in [-0.05, 0) is 0 Å². The second-order valence-electron chi connectivity index (χ2n) is 5.59. The standard InChI is InChI=1S/C14H23N5O2/c20-14(1-8-21-12-9-15-10-12)19-6-4-18(5-7-19)11-13-16-2-3-17-13/h2-3,12,15H,1,4-11H2,(H,16,17). The van der Waals surface area contributed by atoms with Crippen LogP contribution in [0.4, 0.5) is 0 Å². The summed E-state index contributed by atoms with van der Waals surface area (Å²) >= 11 is 0. The summed E-state index contributed by atoms with van der Waals surface area (Å²) < 4.78 is 5.60. The average Bonchev–Trinajstić information content (AvgIpc) is 2.95. The van der Waals surface area contributed by atoms with Crippen LogP contribution in [0.15, 0.2) is 12.4 Å². The van der Waals surface area contributed by atoms with E-state index in [1.165, 1.54) is 0 Å². The SMILES string of the molecule is O=C(CCOC1CNC1)N1CCN(Cc2ncc[nH]2)CC1. The normalized spacial score (nSPS) is 20.5. The zero-order valence-corrected chi connectivity index (χ0v) is 12.3. The van der Waals surface area contributed by atoms with E-state index in [0.29, 0.717) is 19.1 Å². The Morgan fingerprint density at radius 3 is 2.76 bits per heavy atom. The number of imidazole rings is 1. The summed E-state index contributed by atoms with van der Waals surface area (Å²) in [6.45, 7) is 6.60. The van der Waals surface area contributed by atoms with Gasteiger partial charge in [-0.3, -0.25) is 9.69 Å². The molecular weight excluding hydrogens is 270 g/mol. The van der Waals surface area contributed by atoms with Crippen LogP contribution < -0.4 is 5.32 Å². The van der Waals surface area contributed by atoms with Crippen LogP contribution in [0.5, 0.6) is 0 Å². The third-order valence-corrected chi connectivity index (χ3v) is 4.07. The van der Waals surface area contributed by atoms with Crippen LogP contribution in [-0.4, -0.2) is 77.7 Å². The Hall–Kier alpha value is -1.44. The predicted octanol–water partition coefficient (Wildman–Crippen LogP) is -0.568. The van der Waals surface area contributed by atoms with E-state index in [4.69, 9.17) is 4.74 Å². The highest BCUT2D eigenvalue weighted by Gasteiger charge is 2.22. The molecular formula is C14H23N5O2. The number of carbonyl (C=O) groups excluding carboxylic acids is 1. The summed E-state index contributed by atoms with van der Waals surface area (Å²) in [5.41, 5.74) is 0. The van der Waals surface area contributed by atoms with E-state index in [-0.39, 0.29) is 5.91 Å². The Labute approximate surface area is 124 Å². The molecule has 0 spiro atoms. The van der Waals surface area contributed by atoms with Crippen molar-refractivity contribution in [1.82, 2.24) is 25.1 Å². The summed E-state index contributed by atoms with van der Waals surface area (Å²) in [6, 6.07) is 0. The first-order valence-electron chi connectivity index (χ1n) is 7.62. The van der Waals surface area contributed by atoms with Crippen LogP contribution in [-0.2, 0) is 16.1 Å². The van der Waals surface area contributed by atoms with Crippen molar-refractivity contribution in [2.75, 3.05) is 45.9 Å². The number of amides is 1. The van der Waals surface area contributed by atoms with Crippen molar-refractivity contribution >= 4 is 5.91 Å². The van der Waals surface area contributed by atoms with Crippen molar-refractivity contribution in [3.8, 4) is 0 Å². The predicted molar refractivity (Wildman–Crippen MR) is 77.7 cm³/mol. The number of ether oxygens (including phenoxy) is 1. The number of nitrogens with zero attached hydrogens (tertiary/aromatic N) is 3. The fourth-order valence-corrected chi connectivity index (χ4v) is 2.60. The molecule has 2 aliphatic rings. The third-order valence-electron chi connectivity index (χ3n) is 4.07. The van der Waals surface area contributed by atoms with Gasteiger partial charge < -0.3 is 19.9 Å². The van der Waals surface area contributed by atoms with Gasteiger partial charge in [0.2, 0.25) is 5.91 Å². The molecule has 1 amide bonds. The molecule has 0 aromatic carbocycles. The number of H-pyrrole nitrogens is 1. The zero-order chi connectivity index (χ0) is 14.5. The van der Waals surface area contributed by atoms with Gasteiger partial charge in [0, 0.05) is 51.7 Å². The molecule has 2 aliphatic heterocycles. The molecule has 0 radical (unpaired) electrons. The Morgan fingerprint density at radius 2 is 2.14 bits per heavy atom. The zero-order valence-electron chi connectivity index (χ0n) is 12.3. The Kier molecular flexibility index (Phi) is 4.84. The van der Waals surface area contributed by atoms with Crippen molar-refractivity contribution in [2.24, 2.45) is 0 Å². The monoisotopic (exact) mass is 293 g/mol. The molecule has 2 fully saturated rings. The molecule has 0 saturated carbocycles. The molecule has 21 heavy (non-hydrogen) atoms. The molecule has 2 saturated heterocycles. The molecule has 116 valence electrons. The van der Waals surface area contributed by atoms with Gasteiger partial charge in [0.1, 0.15) is 5.82 Å². The molecule has 1 aromatic heterocycles. The van der Waals surface area contributed by atoms with Gasteiger partial charge in [-0.25, -0.2) is 4.98 Å². The first kappa shape index (κ1) is 14.5. The van der Waals surface area contributed by atoms with Crippen molar-refractivity contribution in [2.45, 2.75) is 19.1 Å². The number of piperazine rings is 1. The lowest BCUT2D eigenvalue weighted by Gasteiger charge is -2.34. The van der Waals surface area contributed by atoms with E-state index in [2.05, 4.69) is 20.2 Å². The maximum atomic E-state index is 12.1. The number of carbonyl (C=O) groups is 1. The lowest BCUT2D eigenvalue weighted by molar-refractivity contribution is -0.134. The van der Waals surface area contributed by atoms with Gasteiger partial charge in [0.25, 0.3) is 0 Å². The van der Waals surface area contributed by atoms with Gasteiger partial charge in [-0.1, -0.05) is 0 Å². The fourth-order valence-electron chi connectivity index (χ4n) is 2.60. The molecule has 3 heterocycles. The summed E-state index contributed by atoms with van der Waals surface area (Å²) in [5, 5.41) is 3.15. The van der Waals surface area contributed by atoms with Crippen LogP contribution >= 0.6 is 0 Å². The van der Waals surface area contributed by atoms with Crippen LogP contribution in [0.3, 0.4) is 0 Å². The van der Waals surface area contributed by atoms with Crippen LogP contribution in [0, 0.1) is 0 Å². The van der Waals surface area contributed by atoms with Crippen molar-refractivity contribution < 1.29 is 9.53 Å². The minimum Gasteiger partial charge on any atom is -0.375 e. The maximum Gasteiger partial charge on any atom is 0.224 e. The molecule has 0 unspecified atom stereocenters. The molecule has 0 bridgehead atoms. The highest BCUT2D eigenvalue weighted by Crippen LogP contribution is 2.07. The van der Waals surface area contributed by atoms with Crippen LogP contribution in [0.1, 0.15) is 12.2 Å². The Morgan fingerprint density at radius 1 is 1.33 bits per heavy atom. The van der Waals surface area contributed by atoms with Crippen molar-refractivity contribution in [1.29, 1.82) is 0 Å². The highest BCUT2D eigenvalue weighted by atomic mass is 16.5. The van der Waals surface area contributed by atoms with Gasteiger partial charge in [0.15, 0.2) is 0 Å². The number of rotatable bonds is 6. The molecule has 1 aromatic rings. The topological polar surface area (TPSA) is 73.5 Å². The lowest BCUT2D eigenvalue weighted by atomic mass is 10.2. The highest BCUT2D eigenvalue weighted by molar-refractivity contribution is 5.76. The van der Waals surface area contributed by atoms with E-state index in [9.17, 15) is 4.79 Å². The molecule has 7 nitrogen and oxygen atoms in total. The van der Waals surface area contributed by atoms with E-state index >= 15 is 0 Å². The molecule has 2 N–H and O–H groups in total. The van der Waals surface area contributed by atoms with E-state index < -0.39 is 0 Å². The number of aromatic amines is 1. The first-order chi connectivity index (χ1) is 10.3. The quantitative estimate of drug-likeness (QED) is 0.735. The van der Waals surface area contributed by atoms with E-state index in [1.807, 2.05) is 11.1 Å². The average molecular weight is 293 g/mol. The summed E-state index contributed by atoms with van der Waals surface area (Å²) in [4.78, 5) is 23.7. The van der Waals surface area contributed by atoms with Gasteiger partial charge >= 0.3 is 0 Å². The number of hydrogen-bond acceptors (Lipinski definition) is 5. The van der Waals surface area contributed by atoms with Crippen LogP contribution in [0.25, 0.3) is 0 Å². The van der Waals surface area contributed by atoms with Gasteiger partial charge in [-0.2, -0.15) is 0 Å².